The summed E-state index contributed by atoms with van der Waals surface area (Å²) in [5.74, 6) is -0.547. The Bertz CT molecular complexity index is 434. The van der Waals surface area contributed by atoms with Gasteiger partial charge >= 0.3 is 0 Å². The third-order valence-electron chi connectivity index (χ3n) is 4.00. The molecule has 6 nitrogen and oxygen atoms in total. The van der Waals surface area contributed by atoms with E-state index in [0.29, 0.717) is 25.7 Å². The molecule has 6 heteroatoms. The highest BCUT2D eigenvalue weighted by Gasteiger charge is 2.28. The molecule has 0 aliphatic carbocycles. The van der Waals surface area contributed by atoms with Gasteiger partial charge in [-0.15, -0.1) is 0 Å². The first kappa shape index (κ1) is 23.6. The predicted octanol–water partition coefficient (Wildman–Crippen LogP) is 2.15. The van der Waals surface area contributed by atoms with E-state index in [1.807, 2.05) is 41.5 Å². The molecule has 0 aromatic heterocycles. The zero-order valence-corrected chi connectivity index (χ0v) is 16.7. The molecule has 146 valence electrons. The monoisotopic (exact) mass is 355 g/mol. The first-order valence-corrected chi connectivity index (χ1v) is 9.42. The van der Waals surface area contributed by atoms with Crippen molar-refractivity contribution in [3.05, 3.63) is 0 Å². The van der Waals surface area contributed by atoms with Crippen molar-refractivity contribution in [1.29, 1.82) is 0 Å². The van der Waals surface area contributed by atoms with E-state index in [2.05, 4.69) is 10.6 Å². The minimum Gasteiger partial charge on any atom is -0.370 e. The van der Waals surface area contributed by atoms with Crippen LogP contribution in [-0.2, 0) is 14.4 Å². The molecule has 0 aromatic rings. The lowest BCUT2D eigenvalue weighted by Gasteiger charge is -2.26. The average Bonchev–Trinajstić information content (AvgIpc) is 2.46. The lowest BCUT2D eigenvalue weighted by molar-refractivity contribution is -0.131. The highest BCUT2D eigenvalue weighted by atomic mass is 16.2. The van der Waals surface area contributed by atoms with Crippen molar-refractivity contribution in [3.8, 4) is 0 Å². The van der Waals surface area contributed by atoms with E-state index in [0.717, 1.165) is 0 Å². The number of hydrogen-bond acceptors (Lipinski definition) is 4. The second-order valence-corrected chi connectivity index (χ2v) is 7.79. The van der Waals surface area contributed by atoms with Crippen molar-refractivity contribution >= 4 is 17.6 Å². The van der Waals surface area contributed by atoms with Gasteiger partial charge < -0.3 is 16.4 Å². The van der Waals surface area contributed by atoms with Gasteiger partial charge in [-0.25, -0.2) is 0 Å². The molecule has 0 bridgehead atoms. The van der Waals surface area contributed by atoms with Gasteiger partial charge in [0.2, 0.25) is 11.8 Å². The van der Waals surface area contributed by atoms with Crippen LogP contribution in [0.3, 0.4) is 0 Å². The predicted molar refractivity (Wildman–Crippen MR) is 101 cm³/mol. The fourth-order valence-corrected chi connectivity index (χ4v) is 2.80. The van der Waals surface area contributed by atoms with Crippen LogP contribution in [0.25, 0.3) is 0 Å². The first-order chi connectivity index (χ1) is 11.5. The molecule has 2 amide bonds. The molecule has 2 atom stereocenters. The van der Waals surface area contributed by atoms with Gasteiger partial charge in [0.15, 0.2) is 5.78 Å². The van der Waals surface area contributed by atoms with Crippen molar-refractivity contribution in [1.82, 2.24) is 10.6 Å². The summed E-state index contributed by atoms with van der Waals surface area (Å²) in [7, 11) is 0. The highest BCUT2D eigenvalue weighted by molar-refractivity contribution is 5.90. The number of nitrogens with two attached hydrogens (primary N) is 1. The van der Waals surface area contributed by atoms with E-state index in [9.17, 15) is 14.4 Å². The normalized spacial score (nSPS) is 14.0. The summed E-state index contributed by atoms with van der Waals surface area (Å²) in [6.45, 7) is 11.8. The summed E-state index contributed by atoms with van der Waals surface area (Å²) in [5.41, 5.74) is 5.15. The van der Waals surface area contributed by atoms with Crippen LogP contribution in [0, 0.1) is 11.8 Å². The number of nitrogens with one attached hydrogen (secondary N) is 2. The second-order valence-electron chi connectivity index (χ2n) is 7.79. The molecule has 0 aliphatic rings. The van der Waals surface area contributed by atoms with Crippen LogP contribution in [0.5, 0.6) is 0 Å². The quantitative estimate of drug-likeness (QED) is 0.441. The number of ketones is 1. The molecule has 0 rings (SSSR count). The maximum atomic E-state index is 12.7. The van der Waals surface area contributed by atoms with E-state index in [4.69, 9.17) is 5.73 Å². The van der Waals surface area contributed by atoms with Gasteiger partial charge in [-0.3, -0.25) is 14.4 Å². The van der Waals surface area contributed by atoms with Gasteiger partial charge in [-0.2, -0.15) is 0 Å². The average molecular weight is 356 g/mol. The molecule has 0 heterocycles. The largest absolute Gasteiger partial charge is 0.370 e. The van der Waals surface area contributed by atoms with Crippen LogP contribution in [0.4, 0.5) is 0 Å². The Kier molecular flexibility index (Phi) is 11.3. The molecule has 0 aliphatic heterocycles. The summed E-state index contributed by atoms with van der Waals surface area (Å²) in [5, 5.41) is 6.21. The Morgan fingerprint density at radius 1 is 0.920 bits per heavy atom. The van der Waals surface area contributed by atoms with E-state index < -0.39 is 0 Å². The molecule has 0 fully saturated rings. The Balaban J connectivity index is 4.90. The summed E-state index contributed by atoms with van der Waals surface area (Å²) in [6.07, 6.45) is 2.47. The zero-order chi connectivity index (χ0) is 19.6. The first-order valence-electron chi connectivity index (χ1n) is 9.42. The number of hydrogen-bond donors (Lipinski definition) is 3. The lowest BCUT2D eigenvalue weighted by Crippen LogP contribution is -2.46. The minimum atomic E-state index is -0.363. The van der Waals surface area contributed by atoms with Gasteiger partial charge in [-0.05, 0) is 32.6 Å². The van der Waals surface area contributed by atoms with E-state index in [1.165, 1.54) is 0 Å². The van der Waals surface area contributed by atoms with Crippen LogP contribution >= 0.6 is 0 Å². The highest BCUT2D eigenvalue weighted by Crippen LogP contribution is 2.18. The summed E-state index contributed by atoms with van der Waals surface area (Å²) in [4.78, 5) is 36.1. The standard InChI is InChI=1S/C19H37N3O3/c1-12(2)18(21-13(3)4)16(23)11-15(19(25)22-14(5)6)9-7-8-10-17(20)24/h12-15,18,21H,7-11H2,1-6H3,(H2,20,24)(H,22,25). The Morgan fingerprint density at radius 2 is 1.52 bits per heavy atom. The third kappa shape index (κ3) is 10.9. The third-order valence-corrected chi connectivity index (χ3v) is 4.00. The van der Waals surface area contributed by atoms with Gasteiger partial charge in [-0.1, -0.05) is 34.1 Å². The minimum absolute atomic E-state index is 0.0328. The molecule has 0 spiro atoms. The fourth-order valence-electron chi connectivity index (χ4n) is 2.80. The van der Waals surface area contributed by atoms with Crippen LogP contribution in [0.2, 0.25) is 0 Å². The van der Waals surface area contributed by atoms with Gasteiger partial charge in [0.25, 0.3) is 0 Å². The number of rotatable bonds is 13. The van der Waals surface area contributed by atoms with Gasteiger partial charge in [0.05, 0.1) is 6.04 Å². The molecular formula is C19H37N3O3. The molecule has 0 saturated heterocycles. The molecule has 25 heavy (non-hydrogen) atoms. The summed E-state index contributed by atoms with van der Waals surface area (Å²) < 4.78 is 0. The Morgan fingerprint density at radius 3 is 1.96 bits per heavy atom. The smallest absolute Gasteiger partial charge is 0.223 e. The van der Waals surface area contributed by atoms with Crippen molar-refractivity contribution in [2.45, 2.75) is 91.8 Å². The molecule has 0 saturated carbocycles. The van der Waals surface area contributed by atoms with Gasteiger partial charge in [0.1, 0.15) is 0 Å². The second kappa shape index (κ2) is 12.0. The van der Waals surface area contributed by atoms with Crippen LogP contribution in [0.15, 0.2) is 0 Å². The fraction of sp³-hybridized carbons (Fsp3) is 0.842. The number of unbranched alkanes of at least 4 members (excludes halogenated alkanes) is 1. The Hall–Kier alpha value is -1.43. The van der Waals surface area contributed by atoms with Gasteiger partial charge in [0, 0.05) is 30.8 Å². The molecule has 2 unspecified atom stereocenters. The summed E-state index contributed by atoms with van der Waals surface area (Å²) >= 11 is 0. The van der Waals surface area contributed by atoms with Crippen molar-refractivity contribution in [2.24, 2.45) is 17.6 Å². The maximum Gasteiger partial charge on any atom is 0.223 e. The maximum absolute atomic E-state index is 12.7. The molecule has 4 N–H and O–H groups in total. The van der Waals surface area contributed by atoms with E-state index in [-0.39, 0.29) is 54.0 Å². The number of primary amides is 1. The van der Waals surface area contributed by atoms with Crippen LogP contribution in [-0.4, -0.2) is 35.7 Å². The van der Waals surface area contributed by atoms with E-state index in [1.54, 1.807) is 0 Å². The number of carbonyl (C=O) groups is 3. The molecule has 0 aromatic carbocycles. The zero-order valence-electron chi connectivity index (χ0n) is 16.7. The lowest BCUT2D eigenvalue weighted by atomic mass is 9.88. The SMILES string of the molecule is CC(C)NC(=O)C(CCCCC(N)=O)CC(=O)C(NC(C)C)C(C)C. The molecular weight excluding hydrogens is 318 g/mol. The summed E-state index contributed by atoms with van der Waals surface area (Å²) in [6, 6.07) is -0.0137. The number of amides is 2. The van der Waals surface area contributed by atoms with Crippen LogP contribution < -0.4 is 16.4 Å². The van der Waals surface area contributed by atoms with Crippen molar-refractivity contribution < 1.29 is 14.4 Å². The number of carbonyl (C=O) groups excluding carboxylic acids is 3. The topological polar surface area (TPSA) is 101 Å². The van der Waals surface area contributed by atoms with Crippen molar-refractivity contribution in [2.75, 3.05) is 0 Å². The Labute approximate surface area is 152 Å². The van der Waals surface area contributed by atoms with Crippen LogP contribution in [0.1, 0.15) is 73.6 Å². The van der Waals surface area contributed by atoms with Crippen molar-refractivity contribution in [3.63, 3.8) is 0 Å². The van der Waals surface area contributed by atoms with E-state index >= 15 is 0 Å². The molecule has 0 radical (unpaired) electrons. The number of Topliss-reactive ketones (excluding diaryl/α,β-unsaturated/α-hetero) is 1.